The Kier molecular flexibility index (Phi) is 4.24. The van der Waals surface area contributed by atoms with E-state index >= 15 is 0 Å². The van der Waals surface area contributed by atoms with E-state index in [0.29, 0.717) is 17.3 Å². The summed E-state index contributed by atoms with van der Waals surface area (Å²) in [5.74, 6) is 5.18. The number of nitrogen functional groups attached to an aromatic ring is 1. The van der Waals surface area contributed by atoms with E-state index in [9.17, 15) is 14.5 Å². The highest BCUT2D eigenvalue weighted by molar-refractivity contribution is 5.46. The average Bonchev–Trinajstić information content (AvgIpc) is 2.45. The molecular formula is C12H12FN5O3. The van der Waals surface area contributed by atoms with Crippen LogP contribution >= 0.6 is 0 Å². The number of benzene rings is 1. The van der Waals surface area contributed by atoms with Crippen molar-refractivity contribution in [3.8, 4) is 5.75 Å². The fraction of sp³-hybridized carbons (Fsp3) is 0.167. The maximum Gasteiger partial charge on any atom is 0.313 e. The summed E-state index contributed by atoms with van der Waals surface area (Å²) in [6.45, 7) is 1.63. The lowest BCUT2D eigenvalue weighted by atomic mass is 10.3. The fourth-order valence-corrected chi connectivity index (χ4v) is 1.67. The molecule has 0 fully saturated rings. The molecule has 0 bridgehead atoms. The summed E-state index contributed by atoms with van der Waals surface area (Å²) in [7, 11) is 0. The monoisotopic (exact) mass is 293 g/mol. The fourth-order valence-electron chi connectivity index (χ4n) is 1.67. The lowest BCUT2D eigenvalue weighted by Crippen LogP contribution is -2.12. The van der Waals surface area contributed by atoms with Gasteiger partial charge in [0.2, 0.25) is 0 Å². The molecule has 0 aliphatic heterocycles. The highest BCUT2D eigenvalue weighted by Crippen LogP contribution is 2.28. The second kappa shape index (κ2) is 6.09. The van der Waals surface area contributed by atoms with Crippen LogP contribution in [0.1, 0.15) is 11.5 Å². The Morgan fingerprint density at radius 2 is 2.19 bits per heavy atom. The lowest BCUT2D eigenvalue weighted by molar-refractivity contribution is -0.386. The molecule has 3 N–H and O–H groups in total. The van der Waals surface area contributed by atoms with E-state index in [0.717, 1.165) is 12.1 Å². The Morgan fingerprint density at radius 3 is 2.86 bits per heavy atom. The Balaban J connectivity index is 2.20. The zero-order chi connectivity index (χ0) is 15.4. The molecular weight excluding hydrogens is 281 g/mol. The Labute approximate surface area is 118 Å². The number of ether oxygens (including phenoxy) is 1. The van der Waals surface area contributed by atoms with E-state index in [4.69, 9.17) is 10.6 Å². The van der Waals surface area contributed by atoms with Gasteiger partial charge in [-0.15, -0.1) is 0 Å². The quantitative estimate of drug-likeness (QED) is 0.489. The van der Waals surface area contributed by atoms with E-state index in [1.807, 2.05) is 0 Å². The topological polar surface area (TPSA) is 116 Å². The zero-order valence-electron chi connectivity index (χ0n) is 11.0. The molecule has 0 saturated heterocycles. The minimum absolute atomic E-state index is 0.0613. The molecule has 1 aromatic carbocycles. The molecule has 0 unspecified atom stereocenters. The van der Waals surface area contributed by atoms with Gasteiger partial charge in [0.15, 0.2) is 11.6 Å². The van der Waals surface area contributed by atoms with Gasteiger partial charge in [0.1, 0.15) is 18.2 Å². The van der Waals surface area contributed by atoms with E-state index < -0.39 is 16.4 Å². The molecule has 0 saturated carbocycles. The van der Waals surface area contributed by atoms with Gasteiger partial charge in [0, 0.05) is 11.8 Å². The maximum atomic E-state index is 13.0. The number of nitro benzene ring substituents is 1. The summed E-state index contributed by atoms with van der Waals surface area (Å²) >= 11 is 0. The number of hydrogen-bond acceptors (Lipinski definition) is 7. The summed E-state index contributed by atoms with van der Waals surface area (Å²) in [5.41, 5.74) is 2.58. The van der Waals surface area contributed by atoms with Crippen molar-refractivity contribution in [1.82, 2.24) is 9.97 Å². The number of hydrogen-bond donors (Lipinski definition) is 2. The Hall–Kier alpha value is -2.81. The minimum atomic E-state index is -0.720. The molecule has 110 valence electrons. The Bertz CT molecular complexity index is 680. The van der Waals surface area contributed by atoms with E-state index in [1.54, 1.807) is 13.0 Å². The first-order valence-electron chi connectivity index (χ1n) is 5.87. The molecule has 0 amide bonds. The van der Waals surface area contributed by atoms with Crippen LogP contribution in [0.3, 0.4) is 0 Å². The van der Waals surface area contributed by atoms with Crippen molar-refractivity contribution < 1.29 is 14.1 Å². The molecule has 0 atom stereocenters. The number of hydrazine groups is 1. The SMILES string of the molecule is Cc1cc(NN)nc(COc2ccc(F)cc2[N+](=O)[O-])n1. The first kappa shape index (κ1) is 14.6. The van der Waals surface area contributed by atoms with Crippen LogP contribution in [0.2, 0.25) is 0 Å². The molecule has 0 radical (unpaired) electrons. The molecule has 0 aliphatic rings. The summed E-state index contributed by atoms with van der Waals surface area (Å²) < 4.78 is 18.3. The van der Waals surface area contributed by atoms with Gasteiger partial charge in [-0.3, -0.25) is 10.1 Å². The number of halogens is 1. The minimum Gasteiger partial charge on any atom is -0.479 e. The lowest BCUT2D eigenvalue weighted by Gasteiger charge is -2.08. The molecule has 0 spiro atoms. The molecule has 1 heterocycles. The van der Waals surface area contributed by atoms with Gasteiger partial charge in [-0.25, -0.2) is 20.2 Å². The predicted molar refractivity (Wildman–Crippen MR) is 72.0 cm³/mol. The number of anilines is 1. The van der Waals surface area contributed by atoms with Crippen LogP contribution in [0.15, 0.2) is 24.3 Å². The Morgan fingerprint density at radius 1 is 1.43 bits per heavy atom. The van der Waals surface area contributed by atoms with Gasteiger partial charge < -0.3 is 10.2 Å². The van der Waals surface area contributed by atoms with E-state index in [-0.39, 0.29) is 12.4 Å². The van der Waals surface area contributed by atoms with Crippen molar-refractivity contribution in [2.45, 2.75) is 13.5 Å². The standard InChI is InChI=1S/C12H12FN5O3/c1-7-4-11(17-14)16-12(15-7)6-21-10-3-2-8(13)5-9(10)18(19)20/h2-5H,6,14H2,1H3,(H,15,16,17). The van der Waals surface area contributed by atoms with Gasteiger partial charge in [0.05, 0.1) is 11.0 Å². The van der Waals surface area contributed by atoms with Crippen molar-refractivity contribution >= 4 is 11.5 Å². The van der Waals surface area contributed by atoms with E-state index in [2.05, 4.69) is 15.4 Å². The second-order valence-corrected chi connectivity index (χ2v) is 4.11. The van der Waals surface area contributed by atoms with Gasteiger partial charge in [-0.05, 0) is 19.1 Å². The smallest absolute Gasteiger partial charge is 0.313 e. The predicted octanol–water partition coefficient (Wildman–Crippen LogP) is 1.70. The molecule has 0 aliphatic carbocycles. The number of nitrogens with two attached hydrogens (primary N) is 1. The van der Waals surface area contributed by atoms with Gasteiger partial charge in [-0.1, -0.05) is 0 Å². The average molecular weight is 293 g/mol. The zero-order valence-corrected chi connectivity index (χ0v) is 11.0. The van der Waals surface area contributed by atoms with Crippen molar-refractivity contribution in [3.63, 3.8) is 0 Å². The number of aryl methyl sites for hydroxylation is 1. The molecule has 1 aromatic heterocycles. The molecule has 21 heavy (non-hydrogen) atoms. The molecule has 8 nitrogen and oxygen atoms in total. The summed E-state index contributed by atoms with van der Waals surface area (Å²) in [4.78, 5) is 18.3. The number of nitrogens with one attached hydrogen (secondary N) is 1. The first-order chi connectivity index (χ1) is 9.99. The van der Waals surface area contributed by atoms with Gasteiger partial charge in [-0.2, -0.15) is 0 Å². The van der Waals surface area contributed by atoms with Crippen molar-refractivity contribution in [2.75, 3.05) is 5.43 Å². The van der Waals surface area contributed by atoms with Crippen LogP contribution < -0.4 is 16.0 Å². The first-order valence-corrected chi connectivity index (χ1v) is 5.87. The number of nitrogens with zero attached hydrogens (tertiary/aromatic N) is 3. The third-order valence-corrected chi connectivity index (χ3v) is 2.52. The molecule has 9 heteroatoms. The van der Waals surface area contributed by atoms with E-state index in [1.165, 1.54) is 6.07 Å². The van der Waals surface area contributed by atoms with Gasteiger partial charge >= 0.3 is 5.69 Å². The van der Waals surface area contributed by atoms with Gasteiger partial charge in [0.25, 0.3) is 0 Å². The van der Waals surface area contributed by atoms with Crippen molar-refractivity contribution in [2.24, 2.45) is 5.84 Å². The molecule has 2 aromatic rings. The summed E-state index contributed by atoms with van der Waals surface area (Å²) in [5, 5.41) is 10.8. The third-order valence-electron chi connectivity index (χ3n) is 2.52. The van der Waals surface area contributed by atoms with Crippen LogP contribution in [-0.4, -0.2) is 14.9 Å². The number of aromatic nitrogens is 2. The van der Waals surface area contributed by atoms with Crippen molar-refractivity contribution in [3.05, 3.63) is 51.7 Å². The van der Waals surface area contributed by atoms with Crippen molar-refractivity contribution in [1.29, 1.82) is 0 Å². The highest BCUT2D eigenvalue weighted by atomic mass is 19.1. The summed E-state index contributed by atoms with van der Waals surface area (Å²) in [6.07, 6.45) is 0. The van der Waals surface area contributed by atoms with Crippen LogP contribution in [-0.2, 0) is 6.61 Å². The van der Waals surface area contributed by atoms with Crippen LogP contribution in [0.5, 0.6) is 5.75 Å². The van der Waals surface area contributed by atoms with Crippen LogP contribution in [0.4, 0.5) is 15.9 Å². The third kappa shape index (κ3) is 3.60. The maximum absolute atomic E-state index is 13.0. The number of rotatable bonds is 5. The normalized spacial score (nSPS) is 10.2. The molecule has 2 rings (SSSR count). The van der Waals surface area contributed by atoms with Crippen LogP contribution in [0.25, 0.3) is 0 Å². The highest BCUT2D eigenvalue weighted by Gasteiger charge is 2.16. The van der Waals surface area contributed by atoms with Crippen LogP contribution in [0, 0.1) is 22.9 Å². The largest absolute Gasteiger partial charge is 0.479 e. The second-order valence-electron chi connectivity index (χ2n) is 4.11. The summed E-state index contributed by atoms with van der Waals surface area (Å²) in [6, 6.07) is 4.68. The number of nitro groups is 1.